The Bertz CT molecular complexity index is 1290. The molecule has 0 saturated heterocycles. The number of carbonyl (C=O) groups excluding carboxylic acids is 2. The maximum Gasteiger partial charge on any atom is 0.471 e. The fourth-order valence-electron chi connectivity index (χ4n) is 4.18. The molecule has 33 heavy (non-hydrogen) atoms. The number of rotatable bonds is 5. The summed E-state index contributed by atoms with van der Waals surface area (Å²) in [4.78, 5) is 31.7. The minimum Gasteiger partial charge on any atom is -0.492 e. The summed E-state index contributed by atoms with van der Waals surface area (Å²) in [5, 5.41) is 2.60. The maximum atomic E-state index is 13.4. The largest absolute Gasteiger partial charge is 0.492 e. The first kappa shape index (κ1) is 22.6. The fraction of sp³-hybridized carbons (Fsp3) is 0.292. The Balaban J connectivity index is 1.62. The number of H-pyrrole nitrogens is 1. The Morgan fingerprint density at radius 3 is 2.67 bits per heavy atom. The molecule has 1 amide bonds. The van der Waals surface area contributed by atoms with E-state index in [-0.39, 0.29) is 18.9 Å². The lowest BCUT2D eigenvalue weighted by atomic mass is 9.71. The van der Waals surface area contributed by atoms with Crippen LogP contribution in [0.15, 0.2) is 41.4 Å². The summed E-state index contributed by atoms with van der Waals surface area (Å²) in [5.41, 5.74) is 3.91. The number of halogens is 3. The van der Waals surface area contributed by atoms with E-state index in [0.717, 1.165) is 27.7 Å². The highest BCUT2D eigenvalue weighted by atomic mass is 19.4. The number of nitrogens with zero attached hydrogens (tertiary/aromatic N) is 1. The van der Waals surface area contributed by atoms with E-state index in [1.54, 1.807) is 36.8 Å². The van der Waals surface area contributed by atoms with Crippen LogP contribution in [-0.2, 0) is 10.2 Å². The molecule has 172 valence electrons. The molecule has 1 aliphatic carbocycles. The summed E-state index contributed by atoms with van der Waals surface area (Å²) in [6.45, 7) is 3.55. The van der Waals surface area contributed by atoms with Crippen molar-refractivity contribution in [3.05, 3.63) is 64.3 Å². The van der Waals surface area contributed by atoms with Crippen LogP contribution in [0, 0.1) is 0 Å². The van der Waals surface area contributed by atoms with Crippen molar-refractivity contribution >= 4 is 28.8 Å². The van der Waals surface area contributed by atoms with Crippen LogP contribution in [0.3, 0.4) is 0 Å². The molecule has 1 aliphatic rings. The molecular formula is C24H22F3N3O3. The van der Waals surface area contributed by atoms with Crippen molar-refractivity contribution in [2.75, 3.05) is 20.2 Å². The lowest BCUT2D eigenvalue weighted by Gasteiger charge is -2.32. The predicted molar refractivity (Wildman–Crippen MR) is 118 cm³/mol. The van der Waals surface area contributed by atoms with Gasteiger partial charge in [-0.2, -0.15) is 13.2 Å². The number of hydrogen-bond acceptors (Lipinski definition) is 4. The number of alkyl halides is 3. The quantitative estimate of drug-likeness (QED) is 0.446. The molecule has 0 atom stereocenters. The van der Waals surface area contributed by atoms with E-state index in [4.69, 9.17) is 4.74 Å². The van der Waals surface area contributed by atoms with Crippen LogP contribution in [0.1, 0.15) is 46.6 Å². The first-order valence-electron chi connectivity index (χ1n) is 10.3. The summed E-state index contributed by atoms with van der Waals surface area (Å²) in [6.07, 6.45) is -3.20. The molecule has 4 rings (SSSR count). The van der Waals surface area contributed by atoms with Crippen LogP contribution in [0.25, 0.3) is 10.9 Å². The molecule has 0 saturated carbocycles. The van der Waals surface area contributed by atoms with E-state index >= 15 is 0 Å². The molecule has 3 aromatic rings. The smallest absolute Gasteiger partial charge is 0.471 e. The molecule has 2 N–H and O–H groups in total. The average molecular weight is 457 g/mol. The van der Waals surface area contributed by atoms with E-state index in [1.807, 2.05) is 32.0 Å². The highest BCUT2D eigenvalue weighted by Gasteiger charge is 2.40. The number of hydrogen-bond donors (Lipinski definition) is 2. The van der Waals surface area contributed by atoms with Crippen LogP contribution in [0.5, 0.6) is 5.75 Å². The molecule has 1 aromatic heterocycles. The van der Waals surface area contributed by atoms with Gasteiger partial charge in [0.05, 0.1) is 12.1 Å². The zero-order chi connectivity index (χ0) is 24.0. The number of aromatic amines is 1. The zero-order valence-electron chi connectivity index (χ0n) is 18.3. The number of ketones is 1. The molecule has 0 fully saturated rings. The van der Waals surface area contributed by atoms with E-state index in [0.29, 0.717) is 16.9 Å². The third-order valence-electron chi connectivity index (χ3n) is 5.78. The minimum atomic E-state index is -4.93. The number of amides is 1. The molecule has 0 radical (unpaired) electrons. The second kappa shape index (κ2) is 8.06. The first-order valence-corrected chi connectivity index (χ1v) is 10.3. The van der Waals surface area contributed by atoms with Gasteiger partial charge in [-0.1, -0.05) is 26.0 Å². The van der Waals surface area contributed by atoms with Gasteiger partial charge in [0, 0.05) is 40.8 Å². The van der Waals surface area contributed by atoms with Crippen molar-refractivity contribution in [1.29, 1.82) is 0 Å². The molecule has 2 aromatic carbocycles. The standard InChI is InChI=1S/C24H22F3N3O3/c1-23(2)17-11-14(33-9-8-29-22(32)24(25,26)27)5-7-15(17)20(31)19-16-6-4-13(12-28-3)10-18(16)30-21(19)23/h4-7,10-12,30H,8-9H2,1-3H3,(H,29,32)/b28-12-. The topological polar surface area (TPSA) is 83.5 Å². The van der Waals surface area contributed by atoms with Crippen molar-refractivity contribution in [2.24, 2.45) is 4.99 Å². The molecular weight excluding hydrogens is 435 g/mol. The number of nitrogens with one attached hydrogen (secondary N) is 2. The number of ether oxygens (including phenoxy) is 1. The van der Waals surface area contributed by atoms with Gasteiger partial charge in [-0.3, -0.25) is 14.6 Å². The number of fused-ring (bicyclic) bond motifs is 4. The van der Waals surface area contributed by atoms with Crippen LogP contribution in [0.4, 0.5) is 13.2 Å². The van der Waals surface area contributed by atoms with Crippen molar-refractivity contribution in [2.45, 2.75) is 25.4 Å². The zero-order valence-corrected chi connectivity index (χ0v) is 18.3. The van der Waals surface area contributed by atoms with E-state index in [1.165, 1.54) is 0 Å². The molecule has 9 heteroatoms. The van der Waals surface area contributed by atoms with Crippen molar-refractivity contribution in [3.8, 4) is 5.75 Å². The second-order valence-corrected chi connectivity index (χ2v) is 8.33. The number of carbonyl (C=O) groups is 2. The highest BCUT2D eigenvalue weighted by molar-refractivity contribution is 6.20. The highest BCUT2D eigenvalue weighted by Crippen LogP contribution is 2.44. The normalized spacial score (nSPS) is 14.9. The van der Waals surface area contributed by atoms with Gasteiger partial charge in [-0.05, 0) is 35.4 Å². The Morgan fingerprint density at radius 2 is 1.97 bits per heavy atom. The van der Waals surface area contributed by atoms with Crippen molar-refractivity contribution < 1.29 is 27.5 Å². The third kappa shape index (κ3) is 3.99. The molecule has 0 unspecified atom stereocenters. The summed E-state index contributed by atoms with van der Waals surface area (Å²) >= 11 is 0. The van der Waals surface area contributed by atoms with Gasteiger partial charge in [-0.25, -0.2) is 0 Å². The molecule has 0 bridgehead atoms. The van der Waals surface area contributed by atoms with Crippen molar-refractivity contribution in [3.63, 3.8) is 0 Å². The summed E-state index contributed by atoms with van der Waals surface area (Å²) in [6, 6.07) is 10.8. The Labute approximate surface area is 187 Å². The third-order valence-corrected chi connectivity index (χ3v) is 5.78. The SMILES string of the molecule is C/N=C\c1ccc2c3c([nH]c2c1)C(C)(C)c1cc(OCCNC(=O)C(F)(F)F)ccc1C3=O. The van der Waals surface area contributed by atoms with Gasteiger partial charge in [0.15, 0.2) is 5.78 Å². The Kier molecular flexibility index (Phi) is 5.51. The summed E-state index contributed by atoms with van der Waals surface area (Å²) in [7, 11) is 1.69. The minimum absolute atomic E-state index is 0.105. The Morgan fingerprint density at radius 1 is 1.21 bits per heavy atom. The summed E-state index contributed by atoms with van der Waals surface area (Å²) < 4.78 is 42.4. The van der Waals surface area contributed by atoms with Crippen molar-refractivity contribution in [1.82, 2.24) is 10.3 Å². The van der Waals surface area contributed by atoms with Gasteiger partial charge >= 0.3 is 12.1 Å². The lowest BCUT2D eigenvalue weighted by molar-refractivity contribution is -0.173. The number of benzene rings is 2. The fourth-order valence-corrected chi connectivity index (χ4v) is 4.18. The Hall–Kier alpha value is -3.62. The molecule has 0 aliphatic heterocycles. The maximum absolute atomic E-state index is 13.4. The second-order valence-electron chi connectivity index (χ2n) is 8.33. The predicted octanol–water partition coefficient (Wildman–Crippen LogP) is 4.14. The van der Waals surface area contributed by atoms with Crippen LogP contribution < -0.4 is 10.1 Å². The van der Waals surface area contributed by atoms with Crippen LogP contribution >= 0.6 is 0 Å². The van der Waals surface area contributed by atoms with E-state index in [2.05, 4.69) is 9.98 Å². The van der Waals surface area contributed by atoms with Gasteiger partial charge in [0.1, 0.15) is 12.4 Å². The molecule has 6 nitrogen and oxygen atoms in total. The van der Waals surface area contributed by atoms with Gasteiger partial charge in [-0.15, -0.1) is 0 Å². The van der Waals surface area contributed by atoms with Gasteiger partial charge in [0.25, 0.3) is 0 Å². The summed E-state index contributed by atoms with van der Waals surface area (Å²) in [5.74, 6) is -1.72. The van der Waals surface area contributed by atoms with E-state index in [9.17, 15) is 22.8 Å². The van der Waals surface area contributed by atoms with Gasteiger partial charge < -0.3 is 15.0 Å². The number of aliphatic imine (C=N–C) groups is 1. The van der Waals surface area contributed by atoms with Crippen LogP contribution in [0.2, 0.25) is 0 Å². The van der Waals surface area contributed by atoms with E-state index < -0.39 is 17.5 Å². The first-order chi connectivity index (χ1) is 15.5. The molecule has 1 heterocycles. The van der Waals surface area contributed by atoms with Gasteiger partial charge in [0.2, 0.25) is 0 Å². The average Bonchev–Trinajstić information content (AvgIpc) is 3.15. The monoisotopic (exact) mass is 457 g/mol. The van der Waals surface area contributed by atoms with Crippen LogP contribution in [-0.4, -0.2) is 49.3 Å². The lowest BCUT2D eigenvalue weighted by Crippen LogP contribution is -2.38. The molecule has 0 spiro atoms. The number of aromatic nitrogens is 1.